The Balaban J connectivity index is 2.18. The number of halogens is 2. The molecule has 3 heteroatoms. The highest BCUT2D eigenvalue weighted by Crippen LogP contribution is 2.43. The second kappa shape index (κ2) is 4.22. The molecule has 1 nitrogen and oxygen atoms in total. The first-order valence-corrected chi connectivity index (χ1v) is 6.05. The minimum absolute atomic E-state index is 0.0872. The fourth-order valence-electron chi connectivity index (χ4n) is 2.38. The molecule has 3 unspecified atom stereocenters. The zero-order valence-corrected chi connectivity index (χ0v) is 10.5. The largest absolute Gasteiger partial charge is 0.317 e. The summed E-state index contributed by atoms with van der Waals surface area (Å²) in [4.78, 5) is 0. The number of benzene rings is 1. The van der Waals surface area contributed by atoms with Crippen LogP contribution in [0.2, 0.25) is 0 Å². The Morgan fingerprint density at radius 1 is 1.47 bits per heavy atom. The van der Waals surface area contributed by atoms with Crippen molar-refractivity contribution in [3.8, 4) is 0 Å². The molecule has 82 valence electrons. The van der Waals surface area contributed by atoms with Crippen LogP contribution in [0.1, 0.15) is 24.8 Å². The molecule has 1 aromatic carbocycles. The van der Waals surface area contributed by atoms with Crippen LogP contribution in [-0.2, 0) is 0 Å². The van der Waals surface area contributed by atoms with Gasteiger partial charge in [0.05, 0.1) is 0 Å². The number of nitrogens with one attached hydrogen (secondary N) is 1. The standard InChI is InChI=1S/C12H15BrFN/c1-7-10(6-12(7)15-2)9-4-3-8(13)5-11(9)14/h3-5,7,10,12,15H,6H2,1-2H3. The van der Waals surface area contributed by atoms with E-state index in [1.54, 1.807) is 6.07 Å². The van der Waals surface area contributed by atoms with Crippen molar-refractivity contribution in [2.75, 3.05) is 7.05 Å². The molecule has 0 amide bonds. The third-order valence-electron chi connectivity index (χ3n) is 3.51. The van der Waals surface area contributed by atoms with Crippen molar-refractivity contribution < 1.29 is 4.39 Å². The molecule has 0 spiro atoms. The number of hydrogen-bond acceptors (Lipinski definition) is 1. The lowest BCUT2D eigenvalue weighted by atomic mass is 9.67. The van der Waals surface area contributed by atoms with Crippen LogP contribution in [0.3, 0.4) is 0 Å². The maximum Gasteiger partial charge on any atom is 0.127 e. The molecular weight excluding hydrogens is 257 g/mol. The maximum absolute atomic E-state index is 13.7. The van der Waals surface area contributed by atoms with Crippen LogP contribution in [0.15, 0.2) is 22.7 Å². The van der Waals surface area contributed by atoms with Crippen LogP contribution in [0.25, 0.3) is 0 Å². The molecule has 1 fully saturated rings. The summed E-state index contributed by atoms with van der Waals surface area (Å²) < 4.78 is 14.5. The lowest BCUT2D eigenvalue weighted by Crippen LogP contribution is -2.46. The van der Waals surface area contributed by atoms with Crippen LogP contribution >= 0.6 is 15.9 Å². The van der Waals surface area contributed by atoms with Crippen molar-refractivity contribution in [2.24, 2.45) is 5.92 Å². The van der Waals surface area contributed by atoms with Gasteiger partial charge in [-0.15, -0.1) is 0 Å². The summed E-state index contributed by atoms with van der Waals surface area (Å²) in [7, 11) is 1.97. The highest BCUT2D eigenvalue weighted by atomic mass is 79.9. The number of hydrogen-bond donors (Lipinski definition) is 1. The van der Waals surface area contributed by atoms with Crippen LogP contribution in [0.5, 0.6) is 0 Å². The first kappa shape index (κ1) is 11.1. The van der Waals surface area contributed by atoms with Crippen LogP contribution in [-0.4, -0.2) is 13.1 Å². The Bertz CT molecular complexity index is 367. The summed E-state index contributed by atoms with van der Waals surface area (Å²) in [6, 6.07) is 5.90. The van der Waals surface area contributed by atoms with Gasteiger partial charge in [0.2, 0.25) is 0 Å². The van der Waals surface area contributed by atoms with Gasteiger partial charge in [0, 0.05) is 10.5 Å². The Hall–Kier alpha value is -0.410. The molecule has 3 atom stereocenters. The average Bonchev–Trinajstić information content (AvgIpc) is 2.20. The summed E-state index contributed by atoms with van der Waals surface area (Å²) in [5, 5.41) is 3.25. The van der Waals surface area contributed by atoms with Crippen LogP contribution < -0.4 is 5.32 Å². The molecule has 15 heavy (non-hydrogen) atoms. The van der Waals surface area contributed by atoms with Gasteiger partial charge in [0.1, 0.15) is 5.82 Å². The molecule has 0 aromatic heterocycles. The summed E-state index contributed by atoms with van der Waals surface area (Å²) >= 11 is 3.27. The minimum Gasteiger partial charge on any atom is -0.317 e. The summed E-state index contributed by atoms with van der Waals surface area (Å²) in [5.41, 5.74) is 0.859. The molecule has 1 aliphatic carbocycles. The molecule has 1 N–H and O–H groups in total. The van der Waals surface area contributed by atoms with Crippen molar-refractivity contribution >= 4 is 15.9 Å². The van der Waals surface area contributed by atoms with E-state index in [-0.39, 0.29) is 5.82 Å². The molecule has 2 rings (SSSR count). The third-order valence-corrected chi connectivity index (χ3v) is 4.00. The highest BCUT2D eigenvalue weighted by Gasteiger charge is 2.38. The number of rotatable bonds is 2. The van der Waals surface area contributed by atoms with Crippen molar-refractivity contribution in [3.05, 3.63) is 34.1 Å². The van der Waals surface area contributed by atoms with Gasteiger partial charge in [0.15, 0.2) is 0 Å². The predicted octanol–water partition coefficient (Wildman–Crippen LogP) is 3.30. The normalized spacial score (nSPS) is 30.0. The zero-order valence-electron chi connectivity index (χ0n) is 8.93. The fourth-order valence-corrected chi connectivity index (χ4v) is 2.71. The minimum atomic E-state index is -0.0872. The highest BCUT2D eigenvalue weighted by molar-refractivity contribution is 9.10. The van der Waals surface area contributed by atoms with E-state index in [1.807, 2.05) is 19.2 Å². The molecule has 0 heterocycles. The second-order valence-corrected chi connectivity index (χ2v) is 5.18. The molecule has 0 saturated heterocycles. The SMILES string of the molecule is CNC1CC(c2ccc(Br)cc2F)C1C. The van der Waals surface area contributed by atoms with E-state index in [2.05, 4.69) is 28.2 Å². The van der Waals surface area contributed by atoms with E-state index >= 15 is 0 Å². The monoisotopic (exact) mass is 271 g/mol. The summed E-state index contributed by atoms with van der Waals surface area (Å²) in [6.45, 7) is 2.18. The lowest BCUT2D eigenvalue weighted by molar-refractivity contribution is 0.190. The van der Waals surface area contributed by atoms with Gasteiger partial charge in [-0.25, -0.2) is 4.39 Å². The average molecular weight is 272 g/mol. The predicted molar refractivity (Wildman–Crippen MR) is 63.5 cm³/mol. The molecule has 1 aliphatic rings. The van der Waals surface area contributed by atoms with Crippen molar-refractivity contribution in [2.45, 2.75) is 25.3 Å². The van der Waals surface area contributed by atoms with Crippen molar-refractivity contribution in [1.82, 2.24) is 5.32 Å². The van der Waals surface area contributed by atoms with E-state index in [0.29, 0.717) is 17.9 Å². The Morgan fingerprint density at radius 2 is 2.20 bits per heavy atom. The quantitative estimate of drug-likeness (QED) is 0.871. The lowest BCUT2D eigenvalue weighted by Gasteiger charge is -2.43. The van der Waals surface area contributed by atoms with Crippen molar-refractivity contribution in [1.29, 1.82) is 0 Å². The van der Waals surface area contributed by atoms with Gasteiger partial charge in [-0.3, -0.25) is 0 Å². The molecular formula is C12H15BrFN. The van der Waals surface area contributed by atoms with Gasteiger partial charge < -0.3 is 5.32 Å². The summed E-state index contributed by atoms with van der Waals surface area (Å²) in [5.74, 6) is 0.803. The van der Waals surface area contributed by atoms with Gasteiger partial charge in [-0.2, -0.15) is 0 Å². The Labute approximate surface area is 98.2 Å². The smallest absolute Gasteiger partial charge is 0.127 e. The topological polar surface area (TPSA) is 12.0 Å². The van der Waals surface area contributed by atoms with E-state index < -0.39 is 0 Å². The van der Waals surface area contributed by atoms with Crippen LogP contribution in [0.4, 0.5) is 4.39 Å². The van der Waals surface area contributed by atoms with Crippen molar-refractivity contribution in [3.63, 3.8) is 0 Å². The van der Waals surface area contributed by atoms with Gasteiger partial charge in [-0.1, -0.05) is 28.9 Å². The molecule has 1 saturated carbocycles. The molecule has 1 aromatic rings. The zero-order chi connectivity index (χ0) is 11.0. The van der Waals surface area contributed by atoms with Gasteiger partial charge in [-0.05, 0) is 43.0 Å². The van der Waals surface area contributed by atoms with Crippen LogP contribution in [0, 0.1) is 11.7 Å². The second-order valence-electron chi connectivity index (χ2n) is 4.26. The van der Waals surface area contributed by atoms with E-state index in [4.69, 9.17) is 0 Å². The first-order valence-electron chi connectivity index (χ1n) is 5.25. The Kier molecular flexibility index (Phi) is 3.12. The van der Waals surface area contributed by atoms with Gasteiger partial charge in [0.25, 0.3) is 0 Å². The first-order chi connectivity index (χ1) is 7.13. The van der Waals surface area contributed by atoms with E-state index in [1.165, 1.54) is 0 Å². The Morgan fingerprint density at radius 3 is 2.73 bits per heavy atom. The van der Waals surface area contributed by atoms with E-state index in [9.17, 15) is 4.39 Å². The maximum atomic E-state index is 13.7. The van der Waals surface area contributed by atoms with Gasteiger partial charge >= 0.3 is 0 Å². The molecule has 0 bridgehead atoms. The molecule has 0 aliphatic heterocycles. The molecule has 0 radical (unpaired) electrons. The summed E-state index contributed by atoms with van der Waals surface area (Å²) in [6.07, 6.45) is 1.04. The third kappa shape index (κ3) is 1.95. The fraction of sp³-hybridized carbons (Fsp3) is 0.500. The van der Waals surface area contributed by atoms with E-state index in [0.717, 1.165) is 16.5 Å².